The summed E-state index contributed by atoms with van der Waals surface area (Å²) in [5.74, 6) is -0.832. The predicted octanol–water partition coefficient (Wildman–Crippen LogP) is 4.20. The first kappa shape index (κ1) is 18.7. The zero-order chi connectivity index (χ0) is 19.7. The third-order valence-electron chi connectivity index (χ3n) is 5.52. The zero-order valence-electron chi connectivity index (χ0n) is 15.4. The Bertz CT molecular complexity index is 951. The molecule has 5 nitrogen and oxygen atoms in total. The number of carbonyl (C=O) groups is 3. The summed E-state index contributed by atoms with van der Waals surface area (Å²) in [6.07, 6.45) is 4.93. The summed E-state index contributed by atoms with van der Waals surface area (Å²) >= 11 is 6.12. The first-order valence-corrected chi connectivity index (χ1v) is 9.97. The Morgan fingerprint density at radius 3 is 2.46 bits per heavy atom. The van der Waals surface area contributed by atoms with Crippen LogP contribution in [0.2, 0.25) is 5.02 Å². The molecular formula is C22H21ClN2O3. The fraction of sp³-hybridized carbons (Fsp3) is 0.318. The van der Waals surface area contributed by atoms with Crippen molar-refractivity contribution in [1.82, 2.24) is 10.2 Å². The monoisotopic (exact) mass is 396 g/mol. The number of imide groups is 1. The van der Waals surface area contributed by atoms with Crippen LogP contribution in [0.5, 0.6) is 0 Å². The average Bonchev–Trinajstić information content (AvgIpc) is 2.97. The van der Waals surface area contributed by atoms with Gasteiger partial charge in [0.05, 0.1) is 11.1 Å². The molecule has 1 N–H and O–H groups in total. The van der Waals surface area contributed by atoms with Crippen molar-refractivity contribution >= 4 is 29.3 Å². The largest absolute Gasteiger partial charge is 0.348 e. The molecule has 1 saturated carbocycles. The molecule has 0 bridgehead atoms. The van der Waals surface area contributed by atoms with E-state index in [9.17, 15) is 14.4 Å². The highest BCUT2D eigenvalue weighted by atomic mass is 35.5. The van der Waals surface area contributed by atoms with Gasteiger partial charge in [-0.15, -0.1) is 0 Å². The third-order valence-corrected chi connectivity index (χ3v) is 5.89. The number of amides is 3. The first-order chi connectivity index (χ1) is 13.6. The van der Waals surface area contributed by atoms with Crippen molar-refractivity contribution in [3.63, 3.8) is 0 Å². The van der Waals surface area contributed by atoms with E-state index < -0.39 is 0 Å². The van der Waals surface area contributed by atoms with Gasteiger partial charge in [0.15, 0.2) is 0 Å². The number of nitrogens with zero attached hydrogens (tertiary/aromatic N) is 1. The molecule has 1 aliphatic carbocycles. The summed E-state index contributed by atoms with van der Waals surface area (Å²) in [5, 5.41) is 3.40. The topological polar surface area (TPSA) is 66.5 Å². The maximum Gasteiger partial charge on any atom is 0.261 e. The second-order valence-electron chi connectivity index (χ2n) is 7.31. The number of benzene rings is 2. The lowest BCUT2D eigenvalue weighted by Gasteiger charge is -2.29. The molecule has 6 heteroatoms. The summed E-state index contributed by atoms with van der Waals surface area (Å²) in [5.41, 5.74) is 1.88. The molecular weight excluding hydrogens is 376 g/mol. The average molecular weight is 397 g/mol. The van der Waals surface area contributed by atoms with Gasteiger partial charge in [-0.1, -0.05) is 49.1 Å². The van der Waals surface area contributed by atoms with E-state index in [1.807, 2.05) is 18.2 Å². The summed E-state index contributed by atoms with van der Waals surface area (Å²) in [7, 11) is 0. The molecule has 0 atom stereocenters. The van der Waals surface area contributed by atoms with Crippen molar-refractivity contribution in [3.8, 4) is 0 Å². The Balaban J connectivity index is 1.51. The van der Waals surface area contributed by atoms with Gasteiger partial charge in [-0.05, 0) is 42.7 Å². The number of rotatable bonds is 4. The Morgan fingerprint density at radius 1 is 1.00 bits per heavy atom. The van der Waals surface area contributed by atoms with E-state index in [2.05, 4.69) is 5.32 Å². The number of hydrogen-bond donors (Lipinski definition) is 1. The number of halogens is 1. The SMILES string of the molecule is O=C(NCc1ccccc1Cl)c1ccc2c(c1)C(=O)N(C1CCCCC1)C2=O. The maximum absolute atomic E-state index is 12.9. The van der Waals surface area contributed by atoms with Gasteiger partial charge >= 0.3 is 0 Å². The number of fused-ring (bicyclic) bond motifs is 1. The molecule has 0 aromatic heterocycles. The van der Waals surface area contributed by atoms with Gasteiger partial charge in [-0.25, -0.2) is 0 Å². The van der Waals surface area contributed by atoms with Crippen molar-refractivity contribution in [1.29, 1.82) is 0 Å². The summed E-state index contributed by atoms with van der Waals surface area (Å²) in [6, 6.07) is 12.0. The van der Waals surface area contributed by atoms with Crippen LogP contribution in [-0.2, 0) is 6.54 Å². The van der Waals surface area contributed by atoms with Gasteiger partial charge in [-0.3, -0.25) is 19.3 Å². The molecule has 1 aliphatic heterocycles. The lowest BCUT2D eigenvalue weighted by atomic mass is 9.94. The van der Waals surface area contributed by atoms with Gasteiger partial charge in [0.2, 0.25) is 0 Å². The molecule has 28 heavy (non-hydrogen) atoms. The smallest absolute Gasteiger partial charge is 0.261 e. The van der Waals surface area contributed by atoms with E-state index in [0.717, 1.165) is 37.7 Å². The van der Waals surface area contributed by atoms with E-state index in [0.29, 0.717) is 21.7 Å². The fourth-order valence-electron chi connectivity index (χ4n) is 3.99. The zero-order valence-corrected chi connectivity index (χ0v) is 16.2. The number of nitrogens with one attached hydrogen (secondary N) is 1. The first-order valence-electron chi connectivity index (χ1n) is 9.60. The van der Waals surface area contributed by atoms with Crippen LogP contribution in [0, 0.1) is 0 Å². The van der Waals surface area contributed by atoms with Crippen molar-refractivity contribution in [2.75, 3.05) is 0 Å². The predicted molar refractivity (Wildman–Crippen MR) is 106 cm³/mol. The molecule has 0 unspecified atom stereocenters. The Hall–Kier alpha value is -2.66. The molecule has 2 aromatic carbocycles. The van der Waals surface area contributed by atoms with Crippen LogP contribution >= 0.6 is 11.6 Å². The Labute approximate surface area is 168 Å². The van der Waals surface area contributed by atoms with E-state index in [-0.39, 0.29) is 30.3 Å². The van der Waals surface area contributed by atoms with Gasteiger partial charge < -0.3 is 5.32 Å². The quantitative estimate of drug-likeness (QED) is 0.787. The highest BCUT2D eigenvalue weighted by Gasteiger charge is 2.40. The second kappa shape index (κ2) is 7.76. The minimum atomic E-state index is -0.306. The van der Waals surface area contributed by atoms with Crippen molar-refractivity contribution in [2.24, 2.45) is 0 Å². The highest BCUT2D eigenvalue weighted by molar-refractivity contribution is 6.31. The maximum atomic E-state index is 12.9. The lowest BCUT2D eigenvalue weighted by molar-refractivity contribution is 0.0549. The van der Waals surface area contributed by atoms with Crippen LogP contribution in [-0.4, -0.2) is 28.7 Å². The van der Waals surface area contributed by atoms with E-state index in [1.165, 1.54) is 11.0 Å². The third kappa shape index (κ3) is 3.42. The Kier molecular flexibility index (Phi) is 5.18. The van der Waals surface area contributed by atoms with Crippen LogP contribution in [0.25, 0.3) is 0 Å². The van der Waals surface area contributed by atoms with Gasteiger partial charge in [-0.2, -0.15) is 0 Å². The molecule has 4 rings (SSSR count). The van der Waals surface area contributed by atoms with Crippen LogP contribution in [0.3, 0.4) is 0 Å². The van der Waals surface area contributed by atoms with Gasteiger partial charge in [0.25, 0.3) is 17.7 Å². The molecule has 144 valence electrons. The van der Waals surface area contributed by atoms with Crippen molar-refractivity contribution in [2.45, 2.75) is 44.7 Å². The molecule has 3 amide bonds. The van der Waals surface area contributed by atoms with Crippen molar-refractivity contribution in [3.05, 3.63) is 69.7 Å². The van der Waals surface area contributed by atoms with Crippen LogP contribution < -0.4 is 5.32 Å². The fourth-order valence-corrected chi connectivity index (χ4v) is 4.19. The van der Waals surface area contributed by atoms with Crippen molar-refractivity contribution < 1.29 is 14.4 Å². The summed E-state index contributed by atoms with van der Waals surface area (Å²) < 4.78 is 0. The van der Waals surface area contributed by atoms with E-state index >= 15 is 0 Å². The molecule has 2 aliphatic rings. The molecule has 1 fully saturated rings. The van der Waals surface area contributed by atoms with Crippen LogP contribution in [0.4, 0.5) is 0 Å². The molecule has 2 aromatic rings. The summed E-state index contributed by atoms with van der Waals surface area (Å²) in [4.78, 5) is 39.5. The van der Waals surface area contributed by atoms with Crippen LogP contribution in [0.15, 0.2) is 42.5 Å². The second-order valence-corrected chi connectivity index (χ2v) is 7.71. The lowest BCUT2D eigenvalue weighted by Crippen LogP contribution is -2.40. The van der Waals surface area contributed by atoms with Gasteiger partial charge in [0.1, 0.15) is 0 Å². The molecule has 0 radical (unpaired) electrons. The number of hydrogen-bond acceptors (Lipinski definition) is 3. The molecule has 0 saturated heterocycles. The normalized spacial score (nSPS) is 17.0. The molecule has 0 spiro atoms. The number of carbonyl (C=O) groups excluding carboxylic acids is 3. The van der Waals surface area contributed by atoms with E-state index in [1.54, 1.807) is 18.2 Å². The highest BCUT2D eigenvalue weighted by Crippen LogP contribution is 2.31. The van der Waals surface area contributed by atoms with E-state index in [4.69, 9.17) is 11.6 Å². The standard InChI is InChI=1S/C22H21ClN2O3/c23-19-9-5-4-6-15(19)13-24-20(26)14-10-11-17-18(12-14)22(28)25(21(17)27)16-7-2-1-3-8-16/h4-6,9-12,16H,1-3,7-8,13H2,(H,24,26). The minimum absolute atomic E-state index is 0.0290. The summed E-state index contributed by atoms with van der Waals surface area (Å²) in [6.45, 7) is 0.288. The molecule has 1 heterocycles. The van der Waals surface area contributed by atoms with Gasteiger partial charge in [0, 0.05) is 23.2 Å². The minimum Gasteiger partial charge on any atom is -0.348 e. The Morgan fingerprint density at radius 2 is 1.71 bits per heavy atom. The van der Waals surface area contributed by atoms with Crippen LogP contribution in [0.1, 0.15) is 68.7 Å².